The molecule has 0 fully saturated rings. The van der Waals surface area contributed by atoms with Crippen molar-refractivity contribution in [3.63, 3.8) is 0 Å². The van der Waals surface area contributed by atoms with Crippen molar-refractivity contribution >= 4 is 11.0 Å². The van der Waals surface area contributed by atoms with Gasteiger partial charge in [0.2, 0.25) is 0 Å². The molecule has 0 saturated heterocycles. The molecule has 0 radical (unpaired) electrons. The highest BCUT2D eigenvalue weighted by atomic mass is 19.4. The maximum absolute atomic E-state index is 12.4. The van der Waals surface area contributed by atoms with Crippen molar-refractivity contribution in [2.75, 3.05) is 0 Å². The maximum Gasteiger partial charge on any atom is 0.416 e. The number of fused-ring (bicyclic) bond motifs is 1. The predicted octanol–water partition coefficient (Wildman–Crippen LogP) is 3.47. The third-order valence-corrected chi connectivity index (χ3v) is 2.31. The lowest BCUT2D eigenvalue weighted by Crippen LogP contribution is -2.03. The molecule has 5 heteroatoms. The first-order valence-corrected chi connectivity index (χ1v) is 4.74. The maximum atomic E-state index is 12.4. The van der Waals surface area contributed by atoms with E-state index in [1.165, 1.54) is 12.1 Å². The van der Waals surface area contributed by atoms with E-state index in [9.17, 15) is 13.2 Å². The summed E-state index contributed by atoms with van der Waals surface area (Å²) in [5.41, 5.74) is 5.32. The number of alkyl halides is 3. The third kappa shape index (κ3) is 1.90. The summed E-state index contributed by atoms with van der Waals surface area (Å²) in [6, 6.07) is 4.57. The van der Waals surface area contributed by atoms with Gasteiger partial charge in [0.25, 0.3) is 0 Å². The third-order valence-electron chi connectivity index (χ3n) is 2.31. The van der Waals surface area contributed by atoms with Crippen molar-refractivity contribution < 1.29 is 17.6 Å². The summed E-state index contributed by atoms with van der Waals surface area (Å²) >= 11 is 0. The van der Waals surface area contributed by atoms with Crippen LogP contribution in [0.25, 0.3) is 11.0 Å². The molecule has 1 atom stereocenters. The summed E-state index contributed by atoms with van der Waals surface area (Å²) in [5, 5.41) is 0.419. The minimum absolute atomic E-state index is 0.332. The molecule has 0 aliphatic carbocycles. The molecule has 0 bridgehead atoms. The largest absolute Gasteiger partial charge is 0.459 e. The van der Waals surface area contributed by atoms with Crippen molar-refractivity contribution in [3.8, 4) is 0 Å². The molecule has 1 heterocycles. The van der Waals surface area contributed by atoms with Crippen LogP contribution < -0.4 is 5.73 Å². The highest BCUT2D eigenvalue weighted by Crippen LogP contribution is 2.32. The molecule has 16 heavy (non-hydrogen) atoms. The van der Waals surface area contributed by atoms with Gasteiger partial charge in [-0.25, -0.2) is 0 Å². The summed E-state index contributed by atoms with van der Waals surface area (Å²) in [6.07, 6.45) is -4.33. The van der Waals surface area contributed by atoms with Gasteiger partial charge >= 0.3 is 6.18 Å². The van der Waals surface area contributed by atoms with Gasteiger partial charge in [0.15, 0.2) is 0 Å². The van der Waals surface area contributed by atoms with Crippen LogP contribution in [0.3, 0.4) is 0 Å². The average Bonchev–Trinajstić information content (AvgIpc) is 2.58. The Morgan fingerprint density at radius 2 is 1.94 bits per heavy atom. The number of hydrogen-bond acceptors (Lipinski definition) is 2. The van der Waals surface area contributed by atoms with Gasteiger partial charge in [-0.15, -0.1) is 0 Å². The molecule has 86 valence electrons. The minimum Gasteiger partial charge on any atom is -0.459 e. The van der Waals surface area contributed by atoms with E-state index in [1.54, 1.807) is 6.92 Å². The minimum atomic E-state index is -4.33. The first-order chi connectivity index (χ1) is 7.38. The Balaban J connectivity index is 2.54. The van der Waals surface area contributed by atoms with Crippen molar-refractivity contribution in [1.29, 1.82) is 0 Å². The Morgan fingerprint density at radius 1 is 1.25 bits per heavy atom. The van der Waals surface area contributed by atoms with E-state index in [4.69, 9.17) is 10.2 Å². The zero-order valence-corrected chi connectivity index (χ0v) is 8.51. The lowest BCUT2D eigenvalue weighted by molar-refractivity contribution is -0.137. The zero-order chi connectivity index (χ0) is 11.9. The number of nitrogens with two attached hydrogens (primary N) is 1. The van der Waals surface area contributed by atoms with Crippen molar-refractivity contribution in [2.45, 2.75) is 19.1 Å². The fourth-order valence-corrected chi connectivity index (χ4v) is 1.46. The van der Waals surface area contributed by atoms with Crippen LogP contribution in [0.15, 0.2) is 28.7 Å². The van der Waals surface area contributed by atoms with Crippen molar-refractivity contribution in [3.05, 3.63) is 35.6 Å². The van der Waals surface area contributed by atoms with Crippen molar-refractivity contribution in [1.82, 2.24) is 0 Å². The Morgan fingerprint density at radius 3 is 2.50 bits per heavy atom. The molecular weight excluding hydrogens is 219 g/mol. The Labute approximate surface area is 89.8 Å². The summed E-state index contributed by atoms with van der Waals surface area (Å²) in [5.74, 6) is 0.481. The number of furan rings is 1. The van der Waals surface area contributed by atoms with Gasteiger partial charge in [-0.2, -0.15) is 13.2 Å². The monoisotopic (exact) mass is 229 g/mol. The van der Waals surface area contributed by atoms with Gasteiger partial charge in [0.05, 0.1) is 11.6 Å². The normalized spacial score (nSPS) is 14.3. The molecule has 2 nitrogen and oxygen atoms in total. The molecule has 1 aromatic carbocycles. The van der Waals surface area contributed by atoms with Crippen molar-refractivity contribution in [2.24, 2.45) is 5.73 Å². The van der Waals surface area contributed by atoms with Crippen LogP contribution in [-0.2, 0) is 6.18 Å². The molecule has 0 aliphatic heterocycles. The van der Waals surface area contributed by atoms with Crippen LogP contribution in [0.5, 0.6) is 0 Å². The number of rotatable bonds is 1. The smallest absolute Gasteiger partial charge is 0.416 e. The van der Waals surface area contributed by atoms with Crippen LogP contribution in [0.2, 0.25) is 0 Å². The van der Waals surface area contributed by atoms with Crippen LogP contribution in [0.4, 0.5) is 13.2 Å². The fraction of sp³-hybridized carbons (Fsp3) is 0.273. The van der Waals surface area contributed by atoms with E-state index < -0.39 is 11.7 Å². The molecule has 0 saturated carbocycles. The van der Waals surface area contributed by atoms with Crippen LogP contribution in [0, 0.1) is 0 Å². The van der Waals surface area contributed by atoms with E-state index in [0.29, 0.717) is 16.7 Å². The number of halogens is 3. The first-order valence-electron chi connectivity index (χ1n) is 4.74. The molecule has 2 rings (SSSR count). The second-order valence-electron chi connectivity index (χ2n) is 3.69. The Bertz CT molecular complexity index is 513. The second-order valence-corrected chi connectivity index (χ2v) is 3.69. The van der Waals surface area contributed by atoms with Gasteiger partial charge < -0.3 is 10.2 Å². The van der Waals surface area contributed by atoms with Gasteiger partial charge in [-0.05, 0) is 31.2 Å². The van der Waals surface area contributed by atoms with Gasteiger partial charge in [-0.3, -0.25) is 0 Å². The zero-order valence-electron chi connectivity index (χ0n) is 8.51. The van der Waals surface area contributed by atoms with Gasteiger partial charge in [-0.1, -0.05) is 0 Å². The lowest BCUT2D eigenvalue weighted by Gasteiger charge is -2.04. The summed E-state index contributed by atoms with van der Waals surface area (Å²) in [6.45, 7) is 1.71. The summed E-state index contributed by atoms with van der Waals surface area (Å²) in [7, 11) is 0. The van der Waals surface area contributed by atoms with E-state index >= 15 is 0 Å². The molecule has 2 aromatic rings. The van der Waals surface area contributed by atoms with Crippen LogP contribution >= 0.6 is 0 Å². The fourth-order valence-electron chi connectivity index (χ4n) is 1.46. The lowest BCUT2D eigenvalue weighted by atomic mass is 10.1. The first kappa shape index (κ1) is 11.0. The van der Waals surface area contributed by atoms with E-state index in [1.807, 2.05) is 0 Å². The molecule has 0 spiro atoms. The van der Waals surface area contributed by atoms with E-state index in [-0.39, 0.29) is 6.04 Å². The van der Waals surface area contributed by atoms with Gasteiger partial charge in [0.1, 0.15) is 11.3 Å². The van der Waals surface area contributed by atoms with E-state index in [0.717, 1.165) is 12.1 Å². The standard InChI is InChI=1S/C11H10F3NO/c1-6(15)10-5-7-4-8(11(12,13)14)2-3-9(7)16-10/h2-6H,15H2,1H3/t6-/m1/s1. The van der Waals surface area contributed by atoms with E-state index in [2.05, 4.69) is 0 Å². The topological polar surface area (TPSA) is 39.2 Å². The average molecular weight is 229 g/mol. The molecule has 1 aromatic heterocycles. The molecular formula is C11H10F3NO. The Kier molecular flexibility index (Phi) is 2.42. The highest BCUT2D eigenvalue weighted by molar-refractivity contribution is 5.79. The quantitative estimate of drug-likeness (QED) is 0.813. The predicted molar refractivity (Wildman–Crippen MR) is 53.8 cm³/mol. The molecule has 0 aliphatic rings. The van der Waals surface area contributed by atoms with Gasteiger partial charge in [0, 0.05) is 5.39 Å². The Hall–Kier alpha value is -1.49. The van der Waals surface area contributed by atoms with Crippen LogP contribution in [-0.4, -0.2) is 0 Å². The van der Waals surface area contributed by atoms with Crippen LogP contribution in [0.1, 0.15) is 24.3 Å². The SMILES string of the molecule is C[C@@H](N)c1cc2cc(C(F)(F)F)ccc2o1. The summed E-state index contributed by atoms with van der Waals surface area (Å²) in [4.78, 5) is 0. The molecule has 0 unspecified atom stereocenters. The summed E-state index contributed by atoms with van der Waals surface area (Å²) < 4.78 is 42.6. The highest BCUT2D eigenvalue weighted by Gasteiger charge is 2.30. The molecule has 0 amide bonds. The number of hydrogen-bond donors (Lipinski definition) is 1. The molecule has 2 N–H and O–H groups in total. The number of benzene rings is 1. The second kappa shape index (κ2) is 3.52.